The SMILES string of the molecule is COc1ccc(NC(=O)CN(c2ccc(C(C)C)cc2)S(=O)(=O)c2ccc(C)cc2)c(OC)c1. The predicted molar refractivity (Wildman–Crippen MR) is 134 cm³/mol. The smallest absolute Gasteiger partial charge is 0.264 e. The number of carbonyl (C=O) groups is 1. The molecule has 0 aromatic heterocycles. The van der Waals surface area contributed by atoms with Crippen LogP contribution in [0.1, 0.15) is 30.9 Å². The summed E-state index contributed by atoms with van der Waals surface area (Å²) in [6, 6.07) is 18.7. The van der Waals surface area contributed by atoms with Gasteiger partial charge in [-0.3, -0.25) is 9.10 Å². The average Bonchev–Trinajstić information content (AvgIpc) is 2.83. The van der Waals surface area contributed by atoms with Gasteiger partial charge in [-0.15, -0.1) is 0 Å². The van der Waals surface area contributed by atoms with Gasteiger partial charge in [0.05, 0.1) is 30.5 Å². The number of benzene rings is 3. The van der Waals surface area contributed by atoms with Crippen molar-refractivity contribution in [3.05, 3.63) is 77.9 Å². The summed E-state index contributed by atoms with van der Waals surface area (Å²) >= 11 is 0. The highest BCUT2D eigenvalue weighted by atomic mass is 32.2. The molecular formula is C26H30N2O5S. The zero-order chi connectivity index (χ0) is 24.9. The minimum absolute atomic E-state index is 0.112. The summed E-state index contributed by atoms with van der Waals surface area (Å²) in [5.74, 6) is 0.764. The fourth-order valence-corrected chi connectivity index (χ4v) is 4.82. The summed E-state index contributed by atoms with van der Waals surface area (Å²) in [5, 5.41) is 2.75. The normalized spacial score (nSPS) is 11.2. The molecule has 1 N–H and O–H groups in total. The molecule has 3 aromatic rings. The van der Waals surface area contributed by atoms with Crippen LogP contribution < -0.4 is 19.1 Å². The van der Waals surface area contributed by atoms with E-state index in [4.69, 9.17) is 9.47 Å². The molecule has 3 rings (SSSR count). The maximum atomic E-state index is 13.6. The molecule has 1 amide bonds. The molecule has 0 bridgehead atoms. The van der Waals surface area contributed by atoms with E-state index in [0.29, 0.717) is 28.8 Å². The van der Waals surface area contributed by atoms with Gasteiger partial charge >= 0.3 is 0 Å². The van der Waals surface area contributed by atoms with Crippen LogP contribution in [0.2, 0.25) is 0 Å². The quantitative estimate of drug-likeness (QED) is 0.465. The van der Waals surface area contributed by atoms with E-state index in [2.05, 4.69) is 19.2 Å². The molecule has 8 heteroatoms. The molecule has 0 saturated carbocycles. The first-order chi connectivity index (χ1) is 16.1. The molecule has 0 aliphatic carbocycles. The van der Waals surface area contributed by atoms with E-state index in [9.17, 15) is 13.2 Å². The Bertz CT molecular complexity index is 1240. The summed E-state index contributed by atoms with van der Waals surface area (Å²) in [6.07, 6.45) is 0. The number of carbonyl (C=O) groups excluding carboxylic acids is 1. The molecular weight excluding hydrogens is 452 g/mol. The Hall–Kier alpha value is -3.52. The van der Waals surface area contributed by atoms with Gasteiger partial charge in [-0.05, 0) is 54.8 Å². The van der Waals surface area contributed by atoms with Crippen LogP contribution in [-0.2, 0) is 14.8 Å². The first-order valence-electron chi connectivity index (χ1n) is 10.9. The number of nitrogens with one attached hydrogen (secondary N) is 1. The Balaban J connectivity index is 1.95. The third-order valence-corrected chi connectivity index (χ3v) is 7.21. The lowest BCUT2D eigenvalue weighted by atomic mass is 10.0. The maximum absolute atomic E-state index is 13.6. The molecule has 0 aliphatic rings. The second-order valence-corrected chi connectivity index (χ2v) is 10.0. The van der Waals surface area contributed by atoms with Crippen LogP contribution in [0.15, 0.2) is 71.6 Å². The lowest BCUT2D eigenvalue weighted by molar-refractivity contribution is -0.114. The second kappa shape index (κ2) is 10.6. The minimum atomic E-state index is -4.00. The molecule has 34 heavy (non-hydrogen) atoms. The molecule has 0 saturated heterocycles. The Labute approximate surface area is 201 Å². The van der Waals surface area contributed by atoms with Crippen molar-refractivity contribution in [2.45, 2.75) is 31.6 Å². The highest BCUT2D eigenvalue weighted by molar-refractivity contribution is 7.92. The van der Waals surface area contributed by atoms with E-state index < -0.39 is 22.5 Å². The van der Waals surface area contributed by atoms with Crippen LogP contribution in [-0.4, -0.2) is 35.1 Å². The Morgan fingerprint density at radius 2 is 1.59 bits per heavy atom. The Morgan fingerprint density at radius 3 is 2.15 bits per heavy atom. The maximum Gasteiger partial charge on any atom is 0.264 e. The van der Waals surface area contributed by atoms with Gasteiger partial charge in [-0.1, -0.05) is 43.7 Å². The number of nitrogens with zero attached hydrogens (tertiary/aromatic N) is 1. The van der Waals surface area contributed by atoms with E-state index in [0.717, 1.165) is 15.4 Å². The summed E-state index contributed by atoms with van der Waals surface area (Å²) < 4.78 is 38.8. The summed E-state index contributed by atoms with van der Waals surface area (Å²) in [7, 11) is -0.982. The summed E-state index contributed by atoms with van der Waals surface area (Å²) in [5.41, 5.74) is 2.83. The first-order valence-corrected chi connectivity index (χ1v) is 12.3. The van der Waals surface area contributed by atoms with Crippen molar-refractivity contribution in [1.29, 1.82) is 0 Å². The van der Waals surface area contributed by atoms with Crippen molar-refractivity contribution in [2.24, 2.45) is 0 Å². The van der Waals surface area contributed by atoms with Gasteiger partial charge in [0.1, 0.15) is 18.0 Å². The zero-order valence-electron chi connectivity index (χ0n) is 20.0. The van der Waals surface area contributed by atoms with Crippen LogP contribution >= 0.6 is 0 Å². The number of amides is 1. The number of aryl methyl sites for hydroxylation is 1. The van der Waals surface area contributed by atoms with Crippen LogP contribution in [0.3, 0.4) is 0 Å². The molecule has 0 fully saturated rings. The largest absolute Gasteiger partial charge is 0.497 e. The molecule has 0 heterocycles. The van der Waals surface area contributed by atoms with Crippen LogP contribution in [0.4, 0.5) is 11.4 Å². The molecule has 3 aromatic carbocycles. The number of ether oxygens (including phenoxy) is 2. The molecule has 0 aliphatic heterocycles. The van der Waals surface area contributed by atoms with Crippen LogP contribution in [0, 0.1) is 6.92 Å². The van der Waals surface area contributed by atoms with Crippen molar-refractivity contribution in [3.8, 4) is 11.5 Å². The molecule has 0 radical (unpaired) electrons. The van der Waals surface area contributed by atoms with Crippen molar-refractivity contribution in [1.82, 2.24) is 0 Å². The minimum Gasteiger partial charge on any atom is -0.497 e. The molecule has 0 atom stereocenters. The third-order valence-electron chi connectivity index (χ3n) is 5.43. The molecule has 0 spiro atoms. The number of sulfonamides is 1. The fourth-order valence-electron chi connectivity index (χ4n) is 3.40. The van der Waals surface area contributed by atoms with E-state index in [1.165, 1.54) is 14.2 Å². The molecule has 7 nitrogen and oxygen atoms in total. The van der Waals surface area contributed by atoms with Gasteiger partial charge in [0, 0.05) is 6.07 Å². The van der Waals surface area contributed by atoms with Gasteiger partial charge in [-0.25, -0.2) is 8.42 Å². The fraction of sp³-hybridized carbons (Fsp3) is 0.269. The van der Waals surface area contributed by atoms with Gasteiger partial charge < -0.3 is 14.8 Å². The van der Waals surface area contributed by atoms with Crippen molar-refractivity contribution in [3.63, 3.8) is 0 Å². The summed E-state index contributed by atoms with van der Waals surface area (Å²) in [4.78, 5) is 13.1. The van der Waals surface area contributed by atoms with E-state index in [1.807, 2.05) is 19.1 Å². The standard InChI is InChI=1S/C26H30N2O5S/c1-18(2)20-8-10-21(11-9-20)28(34(30,31)23-13-6-19(3)7-14-23)17-26(29)27-24-15-12-22(32-4)16-25(24)33-5/h6-16,18H,17H2,1-5H3,(H,27,29). The monoisotopic (exact) mass is 482 g/mol. The number of rotatable bonds is 9. The highest BCUT2D eigenvalue weighted by Crippen LogP contribution is 2.30. The number of anilines is 2. The molecule has 180 valence electrons. The van der Waals surface area contributed by atoms with E-state index >= 15 is 0 Å². The van der Waals surface area contributed by atoms with Gasteiger partial charge in [-0.2, -0.15) is 0 Å². The average molecular weight is 483 g/mol. The van der Waals surface area contributed by atoms with E-state index in [1.54, 1.807) is 54.6 Å². The van der Waals surface area contributed by atoms with Crippen molar-refractivity contribution >= 4 is 27.3 Å². The summed E-state index contributed by atoms with van der Waals surface area (Å²) in [6.45, 7) is 5.60. The predicted octanol–water partition coefficient (Wildman–Crippen LogP) is 4.97. The van der Waals surface area contributed by atoms with Crippen molar-refractivity contribution < 1.29 is 22.7 Å². The lowest BCUT2D eigenvalue weighted by Gasteiger charge is -2.25. The van der Waals surface area contributed by atoms with Gasteiger partial charge in [0.2, 0.25) is 5.91 Å². The van der Waals surface area contributed by atoms with Gasteiger partial charge in [0.25, 0.3) is 10.0 Å². The first kappa shape index (κ1) is 25.1. The van der Waals surface area contributed by atoms with Crippen LogP contribution in [0.5, 0.6) is 11.5 Å². The van der Waals surface area contributed by atoms with E-state index in [-0.39, 0.29) is 4.90 Å². The molecule has 0 unspecified atom stereocenters. The van der Waals surface area contributed by atoms with Gasteiger partial charge in [0.15, 0.2) is 0 Å². The number of hydrogen-bond acceptors (Lipinski definition) is 5. The third kappa shape index (κ3) is 5.69. The Kier molecular flexibility index (Phi) is 7.83. The highest BCUT2D eigenvalue weighted by Gasteiger charge is 2.27. The topological polar surface area (TPSA) is 84.9 Å². The zero-order valence-corrected chi connectivity index (χ0v) is 20.8. The number of methoxy groups -OCH3 is 2. The number of hydrogen-bond donors (Lipinski definition) is 1. The Morgan fingerprint density at radius 1 is 0.941 bits per heavy atom. The van der Waals surface area contributed by atoms with Crippen molar-refractivity contribution in [2.75, 3.05) is 30.4 Å². The lowest BCUT2D eigenvalue weighted by Crippen LogP contribution is -2.38. The second-order valence-electron chi connectivity index (χ2n) is 8.19. The van der Waals surface area contributed by atoms with Crippen LogP contribution in [0.25, 0.3) is 0 Å².